The van der Waals surface area contributed by atoms with Crippen molar-refractivity contribution < 1.29 is 4.79 Å². The van der Waals surface area contributed by atoms with Crippen molar-refractivity contribution in [2.24, 2.45) is 5.41 Å². The summed E-state index contributed by atoms with van der Waals surface area (Å²) >= 11 is 6.13. The van der Waals surface area contributed by atoms with Gasteiger partial charge in [-0.2, -0.15) is 0 Å². The third kappa shape index (κ3) is 5.72. The smallest absolute Gasteiger partial charge is 0.251 e. The first-order chi connectivity index (χ1) is 10.8. The molecule has 0 aliphatic rings. The Morgan fingerprint density at radius 1 is 1.09 bits per heavy atom. The Balaban J connectivity index is 1.93. The molecule has 122 valence electrons. The molecule has 0 spiro atoms. The first-order valence-corrected chi connectivity index (χ1v) is 8.33. The minimum atomic E-state index is -0.0344. The van der Waals surface area contributed by atoms with Crippen LogP contribution in [0.25, 0.3) is 0 Å². The SMILES string of the molecule is CC(C)(C)Cc1cccc(C(=O)NCCc2ccccc2Cl)c1. The largest absolute Gasteiger partial charge is 0.352 e. The van der Waals surface area contributed by atoms with E-state index in [1.165, 1.54) is 5.56 Å². The van der Waals surface area contributed by atoms with Gasteiger partial charge in [0.1, 0.15) is 0 Å². The number of hydrogen-bond acceptors (Lipinski definition) is 1. The summed E-state index contributed by atoms with van der Waals surface area (Å²) in [6, 6.07) is 15.6. The van der Waals surface area contributed by atoms with Crippen molar-refractivity contribution in [3.8, 4) is 0 Å². The average molecular weight is 330 g/mol. The monoisotopic (exact) mass is 329 g/mol. The fourth-order valence-corrected chi connectivity index (χ4v) is 2.78. The summed E-state index contributed by atoms with van der Waals surface area (Å²) in [4.78, 5) is 12.3. The Labute approximate surface area is 143 Å². The van der Waals surface area contributed by atoms with Gasteiger partial charge < -0.3 is 5.32 Å². The van der Waals surface area contributed by atoms with Crippen LogP contribution in [0, 0.1) is 5.41 Å². The number of rotatable bonds is 5. The summed E-state index contributed by atoms with van der Waals surface area (Å²) in [5, 5.41) is 3.71. The number of hydrogen-bond donors (Lipinski definition) is 1. The summed E-state index contributed by atoms with van der Waals surface area (Å²) in [7, 11) is 0. The van der Waals surface area contributed by atoms with Crippen molar-refractivity contribution in [3.63, 3.8) is 0 Å². The van der Waals surface area contributed by atoms with Gasteiger partial charge in [-0.15, -0.1) is 0 Å². The van der Waals surface area contributed by atoms with Gasteiger partial charge in [-0.25, -0.2) is 0 Å². The fraction of sp³-hybridized carbons (Fsp3) is 0.350. The van der Waals surface area contributed by atoms with E-state index in [0.29, 0.717) is 12.1 Å². The normalized spacial score (nSPS) is 11.3. The average Bonchev–Trinajstić information content (AvgIpc) is 2.47. The number of nitrogens with one attached hydrogen (secondary N) is 1. The molecule has 0 saturated carbocycles. The molecule has 1 amide bonds. The van der Waals surface area contributed by atoms with E-state index in [1.54, 1.807) is 0 Å². The van der Waals surface area contributed by atoms with Gasteiger partial charge in [-0.05, 0) is 47.6 Å². The van der Waals surface area contributed by atoms with Crippen LogP contribution in [0.2, 0.25) is 5.02 Å². The molecule has 0 saturated heterocycles. The molecule has 1 N–H and O–H groups in total. The number of halogens is 1. The van der Waals surface area contributed by atoms with E-state index >= 15 is 0 Å². The van der Waals surface area contributed by atoms with Gasteiger partial charge >= 0.3 is 0 Å². The van der Waals surface area contributed by atoms with E-state index in [1.807, 2.05) is 42.5 Å². The Bertz CT molecular complexity index is 673. The van der Waals surface area contributed by atoms with Crippen LogP contribution in [0.15, 0.2) is 48.5 Å². The molecule has 2 rings (SSSR count). The van der Waals surface area contributed by atoms with Crippen molar-refractivity contribution in [2.75, 3.05) is 6.54 Å². The highest BCUT2D eigenvalue weighted by Crippen LogP contribution is 2.21. The number of carbonyl (C=O) groups is 1. The number of benzene rings is 2. The van der Waals surface area contributed by atoms with E-state index in [9.17, 15) is 4.79 Å². The van der Waals surface area contributed by atoms with E-state index in [4.69, 9.17) is 11.6 Å². The van der Waals surface area contributed by atoms with Gasteiger partial charge in [-0.3, -0.25) is 4.79 Å². The van der Waals surface area contributed by atoms with Gasteiger partial charge in [0.05, 0.1) is 0 Å². The highest BCUT2D eigenvalue weighted by Gasteiger charge is 2.13. The second-order valence-electron chi connectivity index (χ2n) is 7.04. The lowest BCUT2D eigenvalue weighted by Crippen LogP contribution is -2.26. The zero-order valence-corrected chi connectivity index (χ0v) is 14.8. The first kappa shape index (κ1) is 17.6. The predicted molar refractivity (Wildman–Crippen MR) is 97.1 cm³/mol. The molecule has 0 aliphatic carbocycles. The van der Waals surface area contributed by atoms with E-state index < -0.39 is 0 Å². The Morgan fingerprint density at radius 3 is 2.52 bits per heavy atom. The molecular formula is C20H24ClNO. The third-order valence-electron chi connectivity index (χ3n) is 3.56. The fourth-order valence-electron chi connectivity index (χ4n) is 2.55. The van der Waals surface area contributed by atoms with Crippen molar-refractivity contribution in [2.45, 2.75) is 33.6 Å². The van der Waals surface area contributed by atoms with Gasteiger partial charge in [0.25, 0.3) is 5.91 Å². The summed E-state index contributed by atoms with van der Waals surface area (Å²) < 4.78 is 0. The van der Waals surface area contributed by atoms with Crippen LogP contribution >= 0.6 is 11.6 Å². The molecule has 0 bridgehead atoms. The molecule has 0 aromatic heterocycles. The summed E-state index contributed by atoms with van der Waals surface area (Å²) in [5.41, 5.74) is 3.16. The Hall–Kier alpha value is -1.80. The van der Waals surface area contributed by atoms with Gasteiger partial charge in [0.2, 0.25) is 0 Å². The minimum absolute atomic E-state index is 0.0344. The minimum Gasteiger partial charge on any atom is -0.352 e. The van der Waals surface area contributed by atoms with Crippen molar-refractivity contribution in [3.05, 3.63) is 70.2 Å². The molecule has 2 aromatic rings. The molecule has 0 atom stereocenters. The molecular weight excluding hydrogens is 306 g/mol. The molecule has 0 fully saturated rings. The Kier molecular flexibility index (Phi) is 5.84. The van der Waals surface area contributed by atoms with E-state index in [0.717, 1.165) is 23.4 Å². The standard InChI is InChI=1S/C20H24ClNO/c1-20(2,3)14-15-7-6-9-17(13-15)19(23)22-12-11-16-8-4-5-10-18(16)21/h4-10,13H,11-12,14H2,1-3H3,(H,22,23). The van der Waals surface area contributed by atoms with Crippen LogP contribution in [-0.4, -0.2) is 12.5 Å². The molecule has 0 aliphatic heterocycles. The summed E-state index contributed by atoms with van der Waals surface area (Å²) in [6.07, 6.45) is 1.68. The van der Waals surface area contributed by atoms with Crippen molar-refractivity contribution in [1.82, 2.24) is 5.32 Å². The van der Waals surface area contributed by atoms with Gasteiger partial charge in [0, 0.05) is 17.1 Å². The maximum atomic E-state index is 12.3. The second-order valence-corrected chi connectivity index (χ2v) is 7.44. The van der Waals surface area contributed by atoms with Crippen LogP contribution < -0.4 is 5.32 Å². The molecule has 0 radical (unpaired) electrons. The van der Waals surface area contributed by atoms with Crippen LogP contribution in [0.1, 0.15) is 42.3 Å². The maximum absolute atomic E-state index is 12.3. The zero-order valence-electron chi connectivity index (χ0n) is 14.0. The molecule has 2 aromatic carbocycles. The molecule has 23 heavy (non-hydrogen) atoms. The quantitative estimate of drug-likeness (QED) is 0.830. The number of carbonyl (C=O) groups excluding carboxylic acids is 1. The van der Waals surface area contributed by atoms with Crippen molar-refractivity contribution >= 4 is 17.5 Å². The Morgan fingerprint density at radius 2 is 1.83 bits per heavy atom. The highest BCUT2D eigenvalue weighted by atomic mass is 35.5. The lowest BCUT2D eigenvalue weighted by atomic mass is 9.87. The van der Waals surface area contributed by atoms with Crippen molar-refractivity contribution in [1.29, 1.82) is 0 Å². The van der Waals surface area contributed by atoms with Gasteiger partial charge in [-0.1, -0.05) is 62.7 Å². The zero-order chi connectivity index (χ0) is 16.9. The van der Waals surface area contributed by atoms with Crippen LogP contribution in [-0.2, 0) is 12.8 Å². The van der Waals surface area contributed by atoms with E-state index in [-0.39, 0.29) is 11.3 Å². The molecule has 3 heteroatoms. The molecule has 0 heterocycles. The number of amides is 1. The molecule has 2 nitrogen and oxygen atoms in total. The third-order valence-corrected chi connectivity index (χ3v) is 3.93. The van der Waals surface area contributed by atoms with E-state index in [2.05, 4.69) is 32.2 Å². The summed E-state index contributed by atoms with van der Waals surface area (Å²) in [6.45, 7) is 7.17. The van der Waals surface area contributed by atoms with Crippen LogP contribution in [0.5, 0.6) is 0 Å². The first-order valence-electron chi connectivity index (χ1n) is 7.96. The van der Waals surface area contributed by atoms with Crippen LogP contribution in [0.4, 0.5) is 0 Å². The lowest BCUT2D eigenvalue weighted by Gasteiger charge is -2.18. The topological polar surface area (TPSA) is 29.1 Å². The maximum Gasteiger partial charge on any atom is 0.251 e. The highest BCUT2D eigenvalue weighted by molar-refractivity contribution is 6.31. The molecule has 0 unspecified atom stereocenters. The second kappa shape index (κ2) is 7.65. The lowest BCUT2D eigenvalue weighted by molar-refractivity contribution is 0.0954. The van der Waals surface area contributed by atoms with Crippen LogP contribution in [0.3, 0.4) is 0 Å². The summed E-state index contributed by atoms with van der Waals surface area (Å²) in [5.74, 6) is -0.0344. The van der Waals surface area contributed by atoms with Gasteiger partial charge in [0.15, 0.2) is 0 Å². The predicted octanol–water partition coefficient (Wildman–Crippen LogP) is 4.90.